The topological polar surface area (TPSA) is 12.9 Å². The van der Waals surface area contributed by atoms with Crippen LogP contribution in [0.2, 0.25) is 0 Å². The number of nitrogens with zero attached hydrogens (tertiary/aromatic N) is 1. The van der Waals surface area contributed by atoms with Gasteiger partial charge in [0.25, 0.3) is 0 Å². The summed E-state index contributed by atoms with van der Waals surface area (Å²) >= 11 is 0. The lowest BCUT2D eigenvalue weighted by atomic mass is 10.1. The molecule has 0 radical (unpaired) electrons. The molecule has 1 heteroatoms. The van der Waals surface area contributed by atoms with Gasteiger partial charge in [-0.05, 0) is 23.9 Å². The molecule has 0 atom stereocenters. The van der Waals surface area contributed by atoms with Crippen molar-refractivity contribution in [1.29, 1.82) is 0 Å². The highest BCUT2D eigenvalue weighted by Crippen LogP contribution is 2.19. The Bertz CT molecular complexity index is 591. The molecule has 0 N–H and O–H groups in total. The maximum atomic E-state index is 4.46. The van der Waals surface area contributed by atoms with Crippen LogP contribution in [0.5, 0.6) is 0 Å². The third-order valence-electron chi connectivity index (χ3n) is 2.61. The zero-order valence-corrected chi connectivity index (χ0v) is 9.93. The lowest BCUT2D eigenvalue weighted by Crippen LogP contribution is -1.86. The highest BCUT2D eigenvalue weighted by atomic mass is 14.7. The summed E-state index contributed by atoms with van der Waals surface area (Å²) in [5.74, 6) is 0. The van der Waals surface area contributed by atoms with Crippen LogP contribution in [0, 0.1) is 0 Å². The van der Waals surface area contributed by atoms with Gasteiger partial charge in [0.15, 0.2) is 0 Å². The fourth-order valence-electron chi connectivity index (χ4n) is 1.70. The van der Waals surface area contributed by atoms with E-state index in [1.54, 1.807) is 0 Å². The van der Waals surface area contributed by atoms with Gasteiger partial charge in [0.1, 0.15) is 0 Å². The molecule has 0 bridgehead atoms. The average Bonchev–Trinajstić information content (AvgIpc) is 2.39. The van der Waals surface area contributed by atoms with Gasteiger partial charge in [-0.1, -0.05) is 55.1 Å². The molecule has 0 aliphatic carbocycles. The summed E-state index contributed by atoms with van der Waals surface area (Å²) in [7, 11) is 0. The van der Waals surface area contributed by atoms with Gasteiger partial charge in [-0.2, -0.15) is 0 Å². The van der Waals surface area contributed by atoms with E-state index in [1.807, 2.05) is 49.6 Å². The standard InChI is InChI=1S/C16H15N/c1-3-5-8-13(4-2)16-11-14-9-6-7-10-15(14)12-17-16/h3-12H,2H2,1H3/b5-3-,13-8+. The summed E-state index contributed by atoms with van der Waals surface area (Å²) in [6, 6.07) is 10.3. The van der Waals surface area contributed by atoms with Crippen molar-refractivity contribution in [3.8, 4) is 0 Å². The van der Waals surface area contributed by atoms with Gasteiger partial charge in [0.05, 0.1) is 5.69 Å². The first-order valence-electron chi connectivity index (χ1n) is 5.65. The third-order valence-corrected chi connectivity index (χ3v) is 2.61. The number of benzene rings is 1. The van der Waals surface area contributed by atoms with Crippen molar-refractivity contribution in [3.63, 3.8) is 0 Å². The second-order valence-electron chi connectivity index (χ2n) is 3.77. The maximum absolute atomic E-state index is 4.46. The Hall–Kier alpha value is -2.15. The van der Waals surface area contributed by atoms with E-state index >= 15 is 0 Å². The molecule has 2 rings (SSSR count). The molecule has 84 valence electrons. The second-order valence-corrected chi connectivity index (χ2v) is 3.77. The monoisotopic (exact) mass is 221 g/mol. The van der Waals surface area contributed by atoms with E-state index in [-0.39, 0.29) is 0 Å². The minimum absolute atomic E-state index is 0.955. The van der Waals surface area contributed by atoms with Gasteiger partial charge in [-0.25, -0.2) is 0 Å². The van der Waals surface area contributed by atoms with Crippen molar-refractivity contribution in [3.05, 3.63) is 73.1 Å². The van der Waals surface area contributed by atoms with Gasteiger partial charge < -0.3 is 0 Å². The maximum Gasteiger partial charge on any atom is 0.0708 e. The lowest BCUT2D eigenvalue weighted by molar-refractivity contribution is 1.31. The molecule has 2 aromatic rings. The molecule has 1 aromatic heterocycles. The van der Waals surface area contributed by atoms with Crippen LogP contribution >= 0.6 is 0 Å². The molecule has 1 heterocycles. The van der Waals surface area contributed by atoms with Gasteiger partial charge in [0, 0.05) is 11.6 Å². The van der Waals surface area contributed by atoms with Crippen LogP contribution in [0.3, 0.4) is 0 Å². The van der Waals surface area contributed by atoms with Gasteiger partial charge in [-0.15, -0.1) is 0 Å². The predicted molar refractivity (Wildman–Crippen MR) is 74.7 cm³/mol. The molecule has 0 amide bonds. The molecule has 0 spiro atoms. The number of fused-ring (bicyclic) bond motifs is 1. The predicted octanol–water partition coefficient (Wildman–Crippen LogP) is 4.38. The van der Waals surface area contributed by atoms with Crippen LogP contribution in [0.25, 0.3) is 16.3 Å². The Kier molecular flexibility index (Phi) is 3.51. The first-order chi connectivity index (χ1) is 8.35. The second kappa shape index (κ2) is 5.26. The highest BCUT2D eigenvalue weighted by Gasteiger charge is 2.00. The molecule has 17 heavy (non-hydrogen) atoms. The van der Waals surface area contributed by atoms with Crippen LogP contribution in [0.15, 0.2) is 67.4 Å². The van der Waals surface area contributed by atoms with E-state index < -0.39 is 0 Å². The Morgan fingerprint density at radius 1 is 1.24 bits per heavy atom. The Morgan fingerprint density at radius 3 is 2.71 bits per heavy atom. The lowest BCUT2D eigenvalue weighted by Gasteiger charge is -2.03. The minimum Gasteiger partial charge on any atom is -0.256 e. The molecule has 0 aliphatic heterocycles. The van der Waals surface area contributed by atoms with Crippen LogP contribution in [0.4, 0.5) is 0 Å². The number of hydrogen-bond donors (Lipinski definition) is 0. The summed E-state index contributed by atoms with van der Waals surface area (Å²) in [5.41, 5.74) is 1.99. The molecule has 0 aliphatic rings. The highest BCUT2D eigenvalue weighted by molar-refractivity contribution is 5.85. The fourth-order valence-corrected chi connectivity index (χ4v) is 1.70. The van der Waals surface area contributed by atoms with Crippen LogP contribution < -0.4 is 0 Å². The molecular formula is C16H15N. The zero-order chi connectivity index (χ0) is 12.1. The molecule has 1 aromatic carbocycles. The van der Waals surface area contributed by atoms with Crippen LogP contribution in [-0.4, -0.2) is 4.98 Å². The quantitative estimate of drug-likeness (QED) is 0.701. The van der Waals surface area contributed by atoms with Crippen molar-refractivity contribution >= 4 is 16.3 Å². The van der Waals surface area contributed by atoms with Crippen molar-refractivity contribution < 1.29 is 0 Å². The van der Waals surface area contributed by atoms with E-state index in [9.17, 15) is 0 Å². The summed E-state index contributed by atoms with van der Waals surface area (Å²) in [6.07, 6.45) is 9.73. The minimum atomic E-state index is 0.955. The van der Waals surface area contributed by atoms with Crippen molar-refractivity contribution in [2.45, 2.75) is 6.92 Å². The molecule has 0 fully saturated rings. The van der Waals surface area contributed by atoms with Crippen molar-refractivity contribution in [2.75, 3.05) is 0 Å². The fraction of sp³-hybridized carbons (Fsp3) is 0.0625. The van der Waals surface area contributed by atoms with Crippen LogP contribution in [-0.2, 0) is 0 Å². The van der Waals surface area contributed by atoms with E-state index in [1.165, 1.54) is 5.39 Å². The normalized spacial score (nSPS) is 12.2. The van der Waals surface area contributed by atoms with Gasteiger partial charge in [0.2, 0.25) is 0 Å². The summed E-state index contributed by atoms with van der Waals surface area (Å²) in [4.78, 5) is 4.46. The van der Waals surface area contributed by atoms with E-state index in [0.717, 1.165) is 16.7 Å². The smallest absolute Gasteiger partial charge is 0.0708 e. The summed E-state index contributed by atoms with van der Waals surface area (Å²) in [5, 5.41) is 2.36. The van der Waals surface area contributed by atoms with Crippen molar-refractivity contribution in [2.24, 2.45) is 0 Å². The van der Waals surface area contributed by atoms with Crippen LogP contribution in [0.1, 0.15) is 12.6 Å². The number of pyridine rings is 1. The number of hydrogen-bond acceptors (Lipinski definition) is 1. The third kappa shape index (κ3) is 2.51. The largest absolute Gasteiger partial charge is 0.256 e. The van der Waals surface area contributed by atoms with E-state index in [2.05, 4.69) is 29.8 Å². The first kappa shape index (κ1) is 11.3. The van der Waals surface area contributed by atoms with E-state index in [4.69, 9.17) is 0 Å². The molecule has 0 saturated heterocycles. The number of aromatic nitrogens is 1. The SMILES string of the molecule is C=C/C(=C\C=C/C)c1cc2ccccc2cn1. The Morgan fingerprint density at radius 2 is 2.00 bits per heavy atom. The summed E-state index contributed by atoms with van der Waals surface area (Å²) in [6.45, 7) is 5.82. The summed E-state index contributed by atoms with van der Waals surface area (Å²) < 4.78 is 0. The zero-order valence-electron chi connectivity index (χ0n) is 9.93. The van der Waals surface area contributed by atoms with Gasteiger partial charge in [-0.3, -0.25) is 4.98 Å². The van der Waals surface area contributed by atoms with Crippen molar-refractivity contribution in [1.82, 2.24) is 4.98 Å². The average molecular weight is 221 g/mol. The molecule has 0 saturated carbocycles. The number of rotatable bonds is 3. The first-order valence-corrected chi connectivity index (χ1v) is 5.65. The Labute approximate surface area is 102 Å². The van der Waals surface area contributed by atoms with Gasteiger partial charge >= 0.3 is 0 Å². The number of allylic oxidation sites excluding steroid dienone is 5. The van der Waals surface area contributed by atoms with E-state index in [0.29, 0.717) is 0 Å². The Balaban J connectivity index is 2.51. The molecule has 1 nitrogen and oxygen atoms in total. The molecule has 0 unspecified atom stereocenters. The molecular weight excluding hydrogens is 206 g/mol.